The molecule has 350 valence electrons. The van der Waals surface area contributed by atoms with Crippen LogP contribution in [0.5, 0.6) is 11.5 Å². The summed E-state index contributed by atoms with van der Waals surface area (Å²) >= 11 is 0. The number of carbonyl (C=O) groups is 2. The van der Waals surface area contributed by atoms with Crippen LogP contribution in [0.4, 0.5) is 31.9 Å². The largest absolute Gasteiger partial charge is 0.488 e. The minimum absolute atomic E-state index is 0.0238. The average molecular weight is 916 g/mol. The van der Waals surface area contributed by atoms with Crippen molar-refractivity contribution in [1.29, 1.82) is 0 Å². The van der Waals surface area contributed by atoms with E-state index in [1.807, 2.05) is 12.3 Å². The summed E-state index contributed by atoms with van der Waals surface area (Å²) in [4.78, 5) is 48.2. The summed E-state index contributed by atoms with van der Waals surface area (Å²) in [5.74, 6) is -0.0189. The number of aryl methyl sites for hydroxylation is 1. The van der Waals surface area contributed by atoms with Gasteiger partial charge in [-0.1, -0.05) is 19.6 Å². The van der Waals surface area contributed by atoms with E-state index in [0.29, 0.717) is 30.2 Å². The lowest BCUT2D eigenvalue weighted by Gasteiger charge is -2.36. The molecule has 18 heteroatoms. The van der Waals surface area contributed by atoms with Crippen LogP contribution >= 0.6 is 0 Å². The zero-order valence-electron chi connectivity index (χ0n) is 37.9. The Balaban J connectivity index is 0.888. The summed E-state index contributed by atoms with van der Waals surface area (Å²) in [6.45, 7) is 8.97. The minimum atomic E-state index is -0.727. The number of ether oxygens (including phenoxy) is 2. The highest BCUT2D eigenvalue weighted by Crippen LogP contribution is 2.41. The Bertz CT molecular complexity index is 2800. The van der Waals surface area contributed by atoms with Crippen LogP contribution in [0.2, 0.25) is 0 Å². The number of aliphatic hydroxyl groups is 1. The van der Waals surface area contributed by atoms with Gasteiger partial charge in [0.15, 0.2) is 17.2 Å². The number of pyridine rings is 1. The van der Waals surface area contributed by atoms with Gasteiger partial charge in [-0.25, -0.2) is 23.7 Å². The molecular formula is C49H55F2N11O5. The molecule has 0 unspecified atom stereocenters. The number of rotatable bonds is 19. The maximum atomic E-state index is 15.2. The van der Waals surface area contributed by atoms with Gasteiger partial charge in [0, 0.05) is 79.2 Å². The van der Waals surface area contributed by atoms with Crippen LogP contribution in [0.15, 0.2) is 79.5 Å². The van der Waals surface area contributed by atoms with Crippen LogP contribution in [0, 0.1) is 18.6 Å². The highest BCUT2D eigenvalue weighted by atomic mass is 19.1. The Morgan fingerprint density at radius 3 is 2.66 bits per heavy atom. The third-order valence-electron chi connectivity index (χ3n) is 12.3. The zero-order chi connectivity index (χ0) is 47.2. The van der Waals surface area contributed by atoms with E-state index in [-0.39, 0.29) is 78.0 Å². The number of nitrogens with zero attached hydrogens (tertiary/aromatic N) is 8. The van der Waals surface area contributed by atoms with Crippen molar-refractivity contribution in [1.82, 2.24) is 34.4 Å². The third kappa shape index (κ3) is 10.4. The molecule has 0 spiro atoms. The second-order valence-electron chi connectivity index (χ2n) is 16.9. The van der Waals surface area contributed by atoms with E-state index in [2.05, 4.69) is 49.1 Å². The van der Waals surface area contributed by atoms with Gasteiger partial charge in [0.2, 0.25) is 0 Å². The number of nitrogens with one attached hydrogen (secondary N) is 2. The summed E-state index contributed by atoms with van der Waals surface area (Å²) in [5.41, 5.74) is 10.6. The number of amides is 2. The van der Waals surface area contributed by atoms with Gasteiger partial charge in [-0.3, -0.25) is 14.6 Å². The standard InChI is InChI=1S/C49H55F2N11O5/c1-5-31-26-57-62-42(23-43(59-47(31)62)61-16-7-6-8-36(61)14-18-63)54-25-34-24-53-15-13-41(34)67-27-29(2)49(65)60(4)17-19-66-45-44(55-28-56-46(45)52)38-21-35(50)22-40(30(38)3)58-48(64)37-12-11-33(20-39(37)51)32-9-10-32/h11-13,15,20-24,26,28,32,36,54,63H,2,5-10,14,16-19,25,27H2,1,3-4H3,(H,58,64)(H2,52,55,56)/t36-/m0/s1. The Hall–Kier alpha value is -7.21. The smallest absolute Gasteiger partial charge is 0.258 e. The fourth-order valence-corrected chi connectivity index (χ4v) is 8.38. The van der Waals surface area contributed by atoms with Gasteiger partial charge < -0.3 is 40.7 Å². The summed E-state index contributed by atoms with van der Waals surface area (Å²) < 4.78 is 44.2. The second-order valence-corrected chi connectivity index (χ2v) is 16.9. The number of piperidine rings is 1. The Morgan fingerprint density at radius 1 is 1.04 bits per heavy atom. The van der Waals surface area contributed by atoms with E-state index < -0.39 is 17.5 Å². The number of fused-ring (bicyclic) bond motifs is 1. The quantitative estimate of drug-likeness (QED) is 0.0593. The van der Waals surface area contributed by atoms with E-state index in [1.165, 1.54) is 29.4 Å². The minimum Gasteiger partial charge on any atom is -0.488 e. The molecule has 67 heavy (non-hydrogen) atoms. The first-order valence-corrected chi connectivity index (χ1v) is 22.6. The molecule has 2 aliphatic rings. The van der Waals surface area contributed by atoms with Crippen LogP contribution in [-0.2, 0) is 17.8 Å². The van der Waals surface area contributed by atoms with Crippen molar-refractivity contribution in [2.24, 2.45) is 0 Å². The maximum Gasteiger partial charge on any atom is 0.258 e. The lowest BCUT2D eigenvalue weighted by atomic mass is 9.99. The van der Waals surface area contributed by atoms with Gasteiger partial charge in [0.05, 0.1) is 18.3 Å². The number of halogens is 2. The number of nitrogen functional groups attached to an aromatic ring is 1. The van der Waals surface area contributed by atoms with Gasteiger partial charge in [-0.2, -0.15) is 9.61 Å². The Labute approximate surface area is 387 Å². The fourth-order valence-electron chi connectivity index (χ4n) is 8.38. The summed E-state index contributed by atoms with van der Waals surface area (Å²) in [6.07, 6.45) is 12.9. The van der Waals surface area contributed by atoms with Gasteiger partial charge in [0.25, 0.3) is 11.8 Å². The first kappa shape index (κ1) is 46.3. The zero-order valence-corrected chi connectivity index (χ0v) is 37.9. The van der Waals surface area contributed by atoms with Crippen molar-refractivity contribution >= 4 is 40.6 Å². The van der Waals surface area contributed by atoms with Gasteiger partial charge in [-0.05, 0) is 99.2 Å². The molecule has 1 saturated heterocycles. The maximum absolute atomic E-state index is 15.2. The Kier molecular flexibility index (Phi) is 14.2. The van der Waals surface area contributed by atoms with E-state index >= 15 is 4.39 Å². The van der Waals surface area contributed by atoms with Crippen molar-refractivity contribution in [2.45, 2.75) is 77.3 Å². The molecule has 1 aliphatic carbocycles. The first-order valence-electron chi connectivity index (χ1n) is 22.6. The number of likely N-dealkylation sites (N-methyl/N-ethyl adjacent to an activating group) is 1. The van der Waals surface area contributed by atoms with Crippen molar-refractivity contribution in [3.8, 4) is 22.8 Å². The number of aliphatic hydroxyl groups excluding tert-OH is 1. The Morgan fingerprint density at radius 2 is 1.88 bits per heavy atom. The molecule has 16 nitrogen and oxygen atoms in total. The van der Waals surface area contributed by atoms with Crippen molar-refractivity contribution < 1.29 is 33.0 Å². The number of nitrogens with two attached hydrogens (primary N) is 1. The van der Waals surface area contributed by atoms with Crippen LogP contribution in [0.25, 0.3) is 16.9 Å². The van der Waals surface area contributed by atoms with E-state index in [4.69, 9.17) is 20.2 Å². The van der Waals surface area contributed by atoms with E-state index in [0.717, 1.165) is 85.1 Å². The first-order chi connectivity index (χ1) is 32.4. The number of anilines is 4. The topological polar surface area (TPSA) is 198 Å². The molecule has 1 atom stereocenters. The number of hydrogen-bond acceptors (Lipinski definition) is 13. The molecule has 8 rings (SSSR count). The molecule has 4 aromatic heterocycles. The molecule has 2 amide bonds. The molecule has 5 N–H and O–H groups in total. The molecule has 0 radical (unpaired) electrons. The van der Waals surface area contributed by atoms with Crippen molar-refractivity contribution in [2.75, 3.05) is 61.2 Å². The van der Waals surface area contributed by atoms with Crippen LogP contribution in [-0.4, -0.2) is 97.4 Å². The second kappa shape index (κ2) is 20.5. The van der Waals surface area contributed by atoms with Crippen LogP contribution < -0.4 is 30.7 Å². The monoisotopic (exact) mass is 915 g/mol. The molecule has 6 aromatic rings. The number of benzene rings is 2. The molecule has 0 bridgehead atoms. The number of hydrogen-bond donors (Lipinski definition) is 4. The molecule has 2 aromatic carbocycles. The average Bonchev–Trinajstić information content (AvgIpc) is 4.10. The van der Waals surface area contributed by atoms with Gasteiger partial charge in [-0.15, -0.1) is 0 Å². The molecule has 5 heterocycles. The molecule has 1 saturated carbocycles. The normalized spacial score (nSPS) is 14.8. The molecule has 1 aliphatic heterocycles. The summed E-state index contributed by atoms with van der Waals surface area (Å²) in [7, 11) is 1.59. The lowest BCUT2D eigenvalue weighted by Crippen LogP contribution is -2.40. The highest BCUT2D eigenvalue weighted by Gasteiger charge is 2.27. The number of aromatic nitrogens is 6. The third-order valence-corrected chi connectivity index (χ3v) is 12.3. The highest BCUT2D eigenvalue weighted by molar-refractivity contribution is 6.05. The van der Waals surface area contributed by atoms with Crippen LogP contribution in [0.3, 0.4) is 0 Å². The lowest BCUT2D eigenvalue weighted by molar-refractivity contribution is -0.126. The van der Waals surface area contributed by atoms with Crippen LogP contribution in [0.1, 0.15) is 84.0 Å². The summed E-state index contributed by atoms with van der Waals surface area (Å²) in [6, 6.07) is 10.9. The van der Waals surface area contributed by atoms with E-state index in [9.17, 15) is 19.1 Å². The van der Waals surface area contributed by atoms with E-state index in [1.54, 1.807) is 43.0 Å². The summed E-state index contributed by atoms with van der Waals surface area (Å²) in [5, 5.41) is 20.6. The predicted molar refractivity (Wildman–Crippen MR) is 251 cm³/mol. The molecular weight excluding hydrogens is 861 g/mol. The van der Waals surface area contributed by atoms with Gasteiger partial charge >= 0.3 is 0 Å². The fraction of sp³-hybridized carbons (Fsp3) is 0.367. The van der Waals surface area contributed by atoms with Gasteiger partial charge in [0.1, 0.15) is 54.3 Å². The number of carbonyl (C=O) groups excluding carboxylic acids is 2. The van der Waals surface area contributed by atoms with Crippen molar-refractivity contribution in [3.63, 3.8) is 0 Å². The molecule has 2 fully saturated rings. The SMILES string of the molecule is C=C(COc1ccncc1CNc1cc(N2CCCC[C@H]2CCO)nc2c(CC)cnn12)C(=O)N(C)CCOc1c(N)ncnc1-c1cc(F)cc(NC(=O)c2ccc(C3CC3)cc2F)c1C. The predicted octanol–water partition coefficient (Wildman–Crippen LogP) is 7.27. The van der Waals surface area contributed by atoms with Crippen molar-refractivity contribution in [3.05, 3.63) is 119 Å².